The van der Waals surface area contributed by atoms with Gasteiger partial charge in [-0.2, -0.15) is 0 Å². The van der Waals surface area contributed by atoms with Crippen molar-refractivity contribution in [1.82, 2.24) is 0 Å². The first-order chi connectivity index (χ1) is 3.27. The Balaban J connectivity index is 2.68. The minimum absolute atomic E-state index is 0.0718. The summed E-state index contributed by atoms with van der Waals surface area (Å²) >= 11 is 0. The summed E-state index contributed by atoms with van der Waals surface area (Å²) in [6.07, 6.45) is -2.58. The Bertz CT molecular complexity index is 41.9. The molecule has 1 nitrogen and oxygen atoms in total. The first kappa shape index (κ1) is 6.88. The summed E-state index contributed by atoms with van der Waals surface area (Å²) in [5, 5.41) is 0. The molecule has 0 fully saturated rings. The average Bonchev–Trinajstić information content (AvgIpc) is 1.61. The molecule has 0 rings (SSSR count). The van der Waals surface area contributed by atoms with Gasteiger partial charge in [-0.3, -0.25) is 0 Å². The summed E-state index contributed by atoms with van der Waals surface area (Å²) in [5.41, 5.74) is 0. The lowest BCUT2D eigenvalue weighted by Gasteiger charge is -1.94. The van der Waals surface area contributed by atoms with E-state index in [1.165, 1.54) is 0 Å². The molecular formula is C3H5BF2O. The highest BCUT2D eigenvalue weighted by atomic mass is 19.3. The first-order valence-corrected chi connectivity index (χ1v) is 1.87. The highest BCUT2D eigenvalue weighted by Gasteiger charge is 1.98. The van der Waals surface area contributed by atoms with Crippen molar-refractivity contribution in [3.63, 3.8) is 0 Å². The Morgan fingerprint density at radius 3 is 2.29 bits per heavy atom. The zero-order valence-electron chi connectivity index (χ0n) is 3.73. The van der Waals surface area contributed by atoms with Crippen molar-refractivity contribution in [1.29, 1.82) is 0 Å². The Hall–Kier alpha value is -0.115. The lowest BCUT2D eigenvalue weighted by atomic mass is 10.4. The van der Waals surface area contributed by atoms with Crippen LogP contribution in [0.25, 0.3) is 0 Å². The number of rotatable bonds is 3. The van der Waals surface area contributed by atoms with E-state index in [1.807, 2.05) is 0 Å². The second kappa shape index (κ2) is 4.05. The predicted molar refractivity (Wildman–Crippen MR) is 22.3 cm³/mol. The van der Waals surface area contributed by atoms with Gasteiger partial charge in [-0.1, -0.05) is 0 Å². The van der Waals surface area contributed by atoms with Gasteiger partial charge in [-0.25, -0.2) is 8.78 Å². The summed E-state index contributed by atoms with van der Waals surface area (Å²) < 4.78 is 26.0. The van der Waals surface area contributed by atoms with E-state index in [4.69, 9.17) is 0 Å². The monoisotopic (exact) mass is 106 g/mol. The molecule has 0 saturated carbocycles. The van der Waals surface area contributed by atoms with Gasteiger partial charge in [0.05, 0.1) is 0 Å². The van der Waals surface area contributed by atoms with Gasteiger partial charge < -0.3 is 4.65 Å². The third kappa shape index (κ3) is 5.88. The van der Waals surface area contributed by atoms with E-state index < -0.39 is 6.43 Å². The van der Waals surface area contributed by atoms with Gasteiger partial charge in [0.25, 0.3) is 8.05 Å². The van der Waals surface area contributed by atoms with Crippen molar-refractivity contribution in [2.24, 2.45) is 0 Å². The van der Waals surface area contributed by atoms with Crippen LogP contribution in [0.5, 0.6) is 0 Å². The highest BCUT2D eigenvalue weighted by molar-refractivity contribution is 5.97. The number of alkyl halides is 2. The fraction of sp³-hybridized carbons (Fsp3) is 1.00. The summed E-state index contributed by atoms with van der Waals surface area (Å²) in [6, 6.07) is 0. The van der Waals surface area contributed by atoms with Gasteiger partial charge in [0.2, 0.25) is 6.43 Å². The van der Waals surface area contributed by atoms with Crippen molar-refractivity contribution in [3.8, 4) is 0 Å². The van der Waals surface area contributed by atoms with Crippen molar-refractivity contribution >= 4 is 8.05 Å². The summed E-state index contributed by atoms with van der Waals surface area (Å²) in [4.78, 5) is 0. The fourth-order valence-electron chi connectivity index (χ4n) is 0.157. The Kier molecular flexibility index (Phi) is 3.99. The zero-order valence-corrected chi connectivity index (χ0v) is 3.73. The molecule has 0 saturated heterocycles. The van der Waals surface area contributed by atoms with Crippen LogP contribution in [-0.4, -0.2) is 21.1 Å². The molecule has 0 aromatic heterocycles. The summed E-state index contributed by atoms with van der Waals surface area (Å²) in [5.74, 6) is 0. The Morgan fingerprint density at radius 1 is 1.57 bits per heavy atom. The second-order valence-electron chi connectivity index (χ2n) is 1.05. The molecule has 40 valence electrons. The molecule has 0 spiro atoms. The van der Waals surface area contributed by atoms with Gasteiger partial charge in [0.1, 0.15) is 0 Å². The highest BCUT2D eigenvalue weighted by Crippen LogP contribution is 1.96. The summed E-state index contributed by atoms with van der Waals surface area (Å²) in [7, 11) is 4.44. The maximum absolute atomic E-state index is 11.1. The van der Waals surface area contributed by atoms with Gasteiger partial charge in [0.15, 0.2) is 0 Å². The average molecular weight is 106 g/mol. The summed E-state index contributed by atoms with van der Waals surface area (Å²) in [6.45, 7) is -0.0718. The molecule has 0 aliphatic carbocycles. The van der Waals surface area contributed by atoms with Gasteiger partial charge >= 0.3 is 0 Å². The quantitative estimate of drug-likeness (QED) is 0.482. The third-order valence-electron chi connectivity index (χ3n) is 0.454. The van der Waals surface area contributed by atoms with E-state index in [9.17, 15) is 8.78 Å². The predicted octanol–water partition coefficient (Wildman–Crippen LogP) is 0.742. The van der Waals surface area contributed by atoms with Crippen LogP contribution in [0.15, 0.2) is 0 Å². The van der Waals surface area contributed by atoms with Crippen LogP contribution in [0.2, 0.25) is 0 Å². The zero-order chi connectivity index (χ0) is 5.70. The molecule has 0 aromatic rings. The maximum atomic E-state index is 11.1. The molecule has 2 radical (unpaired) electrons. The topological polar surface area (TPSA) is 9.23 Å². The lowest BCUT2D eigenvalue weighted by molar-refractivity contribution is 0.116. The molecular weight excluding hydrogens is 101 g/mol. The van der Waals surface area contributed by atoms with Gasteiger partial charge in [0, 0.05) is 13.0 Å². The van der Waals surface area contributed by atoms with Crippen molar-refractivity contribution in [3.05, 3.63) is 0 Å². The maximum Gasteiger partial charge on any atom is 0.282 e. The first-order valence-electron chi connectivity index (χ1n) is 1.87. The van der Waals surface area contributed by atoms with E-state index >= 15 is 0 Å². The van der Waals surface area contributed by atoms with Crippen LogP contribution in [0, 0.1) is 0 Å². The molecule has 7 heavy (non-hydrogen) atoms. The molecule has 0 bridgehead atoms. The van der Waals surface area contributed by atoms with Crippen LogP contribution < -0.4 is 0 Å². The third-order valence-corrected chi connectivity index (χ3v) is 0.454. The minimum atomic E-state index is -2.30. The van der Waals surface area contributed by atoms with Crippen molar-refractivity contribution in [2.75, 3.05) is 6.61 Å². The molecule has 0 aliphatic rings. The molecule has 0 heterocycles. The molecule has 4 heteroatoms. The van der Waals surface area contributed by atoms with Crippen LogP contribution >= 0.6 is 0 Å². The van der Waals surface area contributed by atoms with Crippen molar-refractivity contribution in [2.45, 2.75) is 12.8 Å². The standard InChI is InChI=1S/C3H5BF2O/c4-7-2-1-3(5)6/h3H,1-2H2. The Morgan fingerprint density at radius 2 is 2.14 bits per heavy atom. The lowest BCUT2D eigenvalue weighted by Crippen LogP contribution is -1.97. The fourth-order valence-corrected chi connectivity index (χ4v) is 0.157. The van der Waals surface area contributed by atoms with E-state index in [0.717, 1.165) is 0 Å². The smallest absolute Gasteiger partial charge is 0.282 e. The van der Waals surface area contributed by atoms with Crippen LogP contribution in [0.3, 0.4) is 0 Å². The largest absolute Gasteiger partial charge is 0.447 e. The molecule has 0 aromatic carbocycles. The van der Waals surface area contributed by atoms with Gasteiger partial charge in [-0.05, 0) is 0 Å². The number of hydrogen-bond donors (Lipinski definition) is 0. The normalized spacial score (nSPS) is 10.1. The molecule has 0 atom stereocenters. The molecule has 0 amide bonds. The van der Waals surface area contributed by atoms with Crippen LogP contribution in [-0.2, 0) is 4.65 Å². The van der Waals surface area contributed by atoms with Crippen LogP contribution in [0.4, 0.5) is 8.78 Å². The van der Waals surface area contributed by atoms with E-state index in [0.29, 0.717) is 0 Å². The van der Waals surface area contributed by atoms with E-state index in [2.05, 4.69) is 12.7 Å². The number of halogens is 2. The van der Waals surface area contributed by atoms with Crippen molar-refractivity contribution < 1.29 is 13.4 Å². The van der Waals surface area contributed by atoms with E-state index in [-0.39, 0.29) is 13.0 Å². The Labute approximate surface area is 42.1 Å². The minimum Gasteiger partial charge on any atom is -0.447 e. The molecule has 0 N–H and O–H groups in total. The molecule has 0 aliphatic heterocycles. The van der Waals surface area contributed by atoms with E-state index in [1.54, 1.807) is 0 Å². The second-order valence-corrected chi connectivity index (χ2v) is 1.05. The number of hydrogen-bond acceptors (Lipinski definition) is 1. The SMILES string of the molecule is [B]OCCC(F)F. The molecule has 0 unspecified atom stereocenters. The van der Waals surface area contributed by atoms with Gasteiger partial charge in [-0.15, -0.1) is 0 Å². The van der Waals surface area contributed by atoms with Crippen LogP contribution in [0.1, 0.15) is 6.42 Å².